The van der Waals surface area contributed by atoms with E-state index in [0.29, 0.717) is 0 Å². The van der Waals surface area contributed by atoms with Crippen molar-refractivity contribution in [3.63, 3.8) is 0 Å². The number of rotatable bonds is 3. The minimum Gasteiger partial charge on any atom is -0.484 e. The number of carbonyl (C=O) groups is 1. The molecule has 0 spiro atoms. The predicted octanol–water partition coefficient (Wildman–Crippen LogP) is 1.97. The number of hydrogen-bond donors (Lipinski definition) is 1. The van der Waals surface area contributed by atoms with Crippen LogP contribution in [0.5, 0.6) is 5.75 Å². The van der Waals surface area contributed by atoms with E-state index in [1.54, 1.807) is 0 Å². The molecule has 5 nitrogen and oxygen atoms in total. The van der Waals surface area contributed by atoms with Gasteiger partial charge in [-0.2, -0.15) is 13.2 Å². The van der Waals surface area contributed by atoms with Crippen molar-refractivity contribution < 1.29 is 27.8 Å². The third-order valence-corrected chi connectivity index (χ3v) is 2.11. The molecule has 2 heterocycles. The number of aromatic carboxylic acids is 1. The molecule has 8 heteroatoms. The van der Waals surface area contributed by atoms with E-state index in [1.807, 2.05) is 0 Å². The summed E-state index contributed by atoms with van der Waals surface area (Å²) in [4.78, 5) is 14.5. The van der Waals surface area contributed by atoms with Gasteiger partial charge in [0.15, 0.2) is 12.3 Å². The van der Waals surface area contributed by atoms with Gasteiger partial charge < -0.3 is 9.84 Å². The smallest absolute Gasteiger partial charge is 0.422 e. The second kappa shape index (κ2) is 4.21. The third-order valence-electron chi connectivity index (χ3n) is 2.11. The van der Waals surface area contributed by atoms with E-state index in [4.69, 9.17) is 5.11 Å². The Bertz CT molecular complexity index is 592. The van der Waals surface area contributed by atoms with Crippen LogP contribution in [0.4, 0.5) is 13.2 Å². The lowest BCUT2D eigenvalue weighted by molar-refractivity contribution is -0.153. The summed E-state index contributed by atoms with van der Waals surface area (Å²) in [5, 5.41) is 8.81. The molecule has 1 N–H and O–H groups in total. The van der Waals surface area contributed by atoms with Crippen molar-refractivity contribution in [3.05, 3.63) is 30.2 Å². The number of imidazole rings is 1. The molecule has 0 saturated heterocycles. The summed E-state index contributed by atoms with van der Waals surface area (Å²) in [6.45, 7) is -1.41. The molecule has 0 amide bonds. The minimum absolute atomic E-state index is 0.0256. The number of aromatic nitrogens is 2. The van der Waals surface area contributed by atoms with Crippen molar-refractivity contribution in [3.8, 4) is 5.75 Å². The molecule has 0 aliphatic heterocycles. The van der Waals surface area contributed by atoms with Gasteiger partial charge in [0.2, 0.25) is 0 Å². The molecule has 18 heavy (non-hydrogen) atoms. The van der Waals surface area contributed by atoms with Crippen LogP contribution in [0, 0.1) is 0 Å². The molecule has 0 fully saturated rings. The summed E-state index contributed by atoms with van der Waals surface area (Å²) in [7, 11) is 0. The van der Waals surface area contributed by atoms with Gasteiger partial charge in [0, 0.05) is 12.3 Å². The lowest BCUT2D eigenvalue weighted by atomic mass is 10.4. The van der Waals surface area contributed by atoms with Crippen molar-refractivity contribution in [1.82, 2.24) is 9.38 Å². The fourth-order valence-electron chi connectivity index (χ4n) is 1.38. The van der Waals surface area contributed by atoms with E-state index in [-0.39, 0.29) is 17.1 Å². The van der Waals surface area contributed by atoms with Crippen molar-refractivity contribution in [2.45, 2.75) is 6.18 Å². The van der Waals surface area contributed by atoms with Crippen LogP contribution in [0.2, 0.25) is 0 Å². The van der Waals surface area contributed by atoms with E-state index in [2.05, 4.69) is 9.72 Å². The first-order chi connectivity index (χ1) is 8.37. The molecule has 96 valence electrons. The van der Waals surface area contributed by atoms with E-state index in [9.17, 15) is 18.0 Å². The Morgan fingerprint density at radius 1 is 1.50 bits per heavy atom. The van der Waals surface area contributed by atoms with Gasteiger partial charge in [-0.05, 0) is 6.07 Å². The van der Waals surface area contributed by atoms with Crippen molar-refractivity contribution in [2.24, 2.45) is 0 Å². The normalized spacial score (nSPS) is 11.7. The molecule has 0 atom stereocenters. The molecule has 2 aromatic rings. The van der Waals surface area contributed by atoms with Crippen molar-refractivity contribution >= 4 is 11.6 Å². The number of halogens is 3. The fraction of sp³-hybridized carbons (Fsp3) is 0.200. The summed E-state index contributed by atoms with van der Waals surface area (Å²) < 4.78 is 41.6. The number of hydrogen-bond acceptors (Lipinski definition) is 3. The molecule has 0 aromatic carbocycles. The summed E-state index contributed by atoms with van der Waals surface area (Å²) >= 11 is 0. The Morgan fingerprint density at radius 2 is 2.22 bits per heavy atom. The quantitative estimate of drug-likeness (QED) is 0.916. The van der Waals surface area contributed by atoms with Crippen LogP contribution >= 0.6 is 0 Å². The number of fused-ring (bicyclic) bond motifs is 1. The van der Waals surface area contributed by atoms with Crippen molar-refractivity contribution in [1.29, 1.82) is 0 Å². The largest absolute Gasteiger partial charge is 0.484 e. The Morgan fingerprint density at radius 3 is 2.83 bits per heavy atom. The number of carboxylic acid groups (broad SMARTS) is 1. The minimum atomic E-state index is -4.42. The first-order valence-corrected chi connectivity index (χ1v) is 4.77. The Kier molecular flexibility index (Phi) is 2.85. The van der Waals surface area contributed by atoms with Gasteiger partial charge in [0.1, 0.15) is 11.4 Å². The van der Waals surface area contributed by atoms with Crippen LogP contribution in [-0.4, -0.2) is 33.2 Å². The van der Waals surface area contributed by atoms with Crippen LogP contribution in [0.1, 0.15) is 10.5 Å². The number of nitrogens with zero attached hydrogens (tertiary/aromatic N) is 2. The predicted molar refractivity (Wildman–Crippen MR) is 53.7 cm³/mol. The highest BCUT2D eigenvalue weighted by Crippen LogP contribution is 2.20. The molecule has 0 aliphatic rings. The van der Waals surface area contributed by atoms with Gasteiger partial charge in [-0.1, -0.05) is 0 Å². The second-order valence-corrected chi connectivity index (χ2v) is 3.44. The zero-order valence-corrected chi connectivity index (χ0v) is 8.81. The molecule has 0 radical (unpaired) electrons. The lowest BCUT2D eigenvalue weighted by Gasteiger charge is -2.09. The average Bonchev–Trinajstić information content (AvgIpc) is 2.68. The molecule has 0 unspecified atom stereocenters. The lowest BCUT2D eigenvalue weighted by Crippen LogP contribution is -2.19. The van der Waals surface area contributed by atoms with Crippen LogP contribution in [0.15, 0.2) is 24.5 Å². The maximum atomic E-state index is 11.9. The SMILES string of the molecule is O=C(O)c1cnc2cc(OCC(F)(F)F)ccn12. The van der Waals surface area contributed by atoms with Gasteiger partial charge in [-0.15, -0.1) is 0 Å². The summed E-state index contributed by atoms with van der Waals surface area (Å²) in [5.41, 5.74) is 0.124. The number of ether oxygens (including phenoxy) is 1. The Labute approximate surface area is 98.4 Å². The Hall–Kier alpha value is -2.25. The maximum absolute atomic E-state index is 11.9. The summed E-state index contributed by atoms with van der Waals surface area (Å²) in [6.07, 6.45) is -2.02. The van der Waals surface area contributed by atoms with Gasteiger partial charge in [0.05, 0.1) is 6.20 Å². The van der Waals surface area contributed by atoms with E-state index in [1.165, 1.54) is 22.7 Å². The van der Waals surface area contributed by atoms with Gasteiger partial charge in [-0.3, -0.25) is 4.40 Å². The zero-order chi connectivity index (χ0) is 13.3. The monoisotopic (exact) mass is 260 g/mol. The molecule has 0 bridgehead atoms. The fourth-order valence-corrected chi connectivity index (χ4v) is 1.38. The highest BCUT2D eigenvalue weighted by molar-refractivity contribution is 5.86. The summed E-state index contributed by atoms with van der Waals surface area (Å²) in [6, 6.07) is 2.48. The van der Waals surface area contributed by atoms with E-state index < -0.39 is 18.8 Å². The number of carboxylic acids is 1. The first-order valence-electron chi connectivity index (χ1n) is 4.77. The van der Waals surface area contributed by atoms with Crippen LogP contribution in [0.25, 0.3) is 5.65 Å². The molecule has 2 aromatic heterocycles. The molecule has 0 saturated carbocycles. The molecular weight excluding hydrogens is 253 g/mol. The van der Waals surface area contributed by atoms with Crippen molar-refractivity contribution in [2.75, 3.05) is 6.61 Å². The topological polar surface area (TPSA) is 63.8 Å². The summed E-state index contributed by atoms with van der Waals surface area (Å²) in [5.74, 6) is -1.20. The number of alkyl halides is 3. The standard InChI is InChI=1S/C10H7F3N2O3/c11-10(12,13)5-18-6-1-2-15-7(9(16)17)4-14-8(15)3-6/h1-4H,5H2,(H,16,17). The third kappa shape index (κ3) is 2.53. The van der Waals surface area contributed by atoms with Crippen LogP contribution < -0.4 is 4.74 Å². The van der Waals surface area contributed by atoms with Crippen LogP contribution in [0.3, 0.4) is 0 Å². The maximum Gasteiger partial charge on any atom is 0.422 e. The zero-order valence-electron chi connectivity index (χ0n) is 8.81. The molecular formula is C10H7F3N2O3. The highest BCUT2D eigenvalue weighted by Gasteiger charge is 2.28. The second-order valence-electron chi connectivity index (χ2n) is 3.44. The average molecular weight is 260 g/mol. The van der Waals surface area contributed by atoms with Crippen LogP contribution in [-0.2, 0) is 0 Å². The number of pyridine rings is 1. The van der Waals surface area contributed by atoms with E-state index in [0.717, 1.165) is 6.20 Å². The molecule has 2 rings (SSSR count). The van der Waals surface area contributed by atoms with Gasteiger partial charge in [0.25, 0.3) is 0 Å². The van der Waals surface area contributed by atoms with Gasteiger partial charge in [-0.25, -0.2) is 9.78 Å². The first kappa shape index (κ1) is 12.2. The molecule has 0 aliphatic carbocycles. The van der Waals surface area contributed by atoms with E-state index >= 15 is 0 Å². The Balaban J connectivity index is 2.26. The highest BCUT2D eigenvalue weighted by atomic mass is 19.4. The van der Waals surface area contributed by atoms with Gasteiger partial charge >= 0.3 is 12.1 Å².